The lowest BCUT2D eigenvalue weighted by molar-refractivity contribution is 0.615. The number of thioether (sulfide) groups is 1. The molecule has 1 aliphatic carbocycles. The molecule has 4 rings (SSSR count). The van der Waals surface area contributed by atoms with Crippen molar-refractivity contribution in [2.45, 2.75) is 71.2 Å². The van der Waals surface area contributed by atoms with Crippen LogP contribution in [0.2, 0.25) is 0 Å². The molecule has 0 fully saturated rings. The lowest BCUT2D eigenvalue weighted by Crippen LogP contribution is -2.11. The number of nitrogens with zero attached hydrogens (tertiary/aromatic N) is 3. The minimum Gasteiger partial charge on any atom is -0.242 e. The fraction of sp³-hybridized carbons (Fsp3) is 0.591. The molecular formula is C22H29N3S2. The van der Waals surface area contributed by atoms with Crippen LogP contribution in [0.15, 0.2) is 11.4 Å². The van der Waals surface area contributed by atoms with E-state index in [4.69, 9.17) is 9.97 Å². The van der Waals surface area contributed by atoms with Gasteiger partial charge in [-0.3, -0.25) is 0 Å². The van der Waals surface area contributed by atoms with Gasteiger partial charge in [-0.05, 0) is 67.2 Å². The quantitative estimate of drug-likeness (QED) is 0.352. The van der Waals surface area contributed by atoms with Gasteiger partial charge in [-0.15, -0.1) is 23.1 Å². The zero-order valence-electron chi connectivity index (χ0n) is 16.8. The molecule has 0 N–H and O–H groups in total. The van der Waals surface area contributed by atoms with E-state index in [1.807, 2.05) is 11.8 Å². The van der Waals surface area contributed by atoms with Crippen LogP contribution < -0.4 is 0 Å². The van der Waals surface area contributed by atoms with E-state index in [9.17, 15) is 0 Å². The van der Waals surface area contributed by atoms with Crippen molar-refractivity contribution in [3.8, 4) is 0 Å². The second-order valence-corrected chi connectivity index (χ2v) is 10.6. The summed E-state index contributed by atoms with van der Waals surface area (Å²) < 4.78 is 1.24. The fourth-order valence-electron chi connectivity index (χ4n) is 3.97. The van der Waals surface area contributed by atoms with Gasteiger partial charge in [0.05, 0.1) is 10.2 Å². The molecule has 0 amide bonds. The predicted molar refractivity (Wildman–Crippen MR) is 118 cm³/mol. The minimum absolute atomic E-state index is 0.636. The molecule has 1 aliphatic rings. The van der Waals surface area contributed by atoms with Crippen molar-refractivity contribution < 1.29 is 0 Å². The molecule has 0 unspecified atom stereocenters. The van der Waals surface area contributed by atoms with Crippen molar-refractivity contribution in [1.82, 2.24) is 15.0 Å². The molecule has 0 saturated carbocycles. The summed E-state index contributed by atoms with van der Waals surface area (Å²) in [6, 6.07) is 0. The molecule has 0 spiro atoms. The molecule has 144 valence electrons. The summed E-state index contributed by atoms with van der Waals surface area (Å²) in [5, 5.41) is 2.46. The smallest absolute Gasteiger partial charge is 0.126 e. The van der Waals surface area contributed by atoms with Gasteiger partial charge in [0.1, 0.15) is 16.2 Å². The topological polar surface area (TPSA) is 38.7 Å². The third-order valence-corrected chi connectivity index (χ3v) is 7.54. The van der Waals surface area contributed by atoms with Gasteiger partial charge in [0.15, 0.2) is 0 Å². The molecule has 0 saturated heterocycles. The number of aryl methyl sites for hydroxylation is 1. The highest BCUT2D eigenvalue weighted by Crippen LogP contribution is 2.41. The van der Waals surface area contributed by atoms with Crippen LogP contribution in [-0.4, -0.2) is 20.7 Å². The summed E-state index contributed by atoms with van der Waals surface area (Å²) in [6.07, 6.45) is 8.97. The van der Waals surface area contributed by atoms with Crippen LogP contribution in [0, 0.1) is 11.8 Å². The van der Waals surface area contributed by atoms with Crippen molar-refractivity contribution in [2.24, 2.45) is 11.8 Å². The number of hydrogen-bond acceptors (Lipinski definition) is 5. The molecule has 5 heteroatoms. The first-order chi connectivity index (χ1) is 13.0. The third-order valence-electron chi connectivity index (χ3n) is 5.31. The number of fused-ring (bicyclic) bond motifs is 5. The van der Waals surface area contributed by atoms with E-state index in [0.717, 1.165) is 28.6 Å². The van der Waals surface area contributed by atoms with Crippen LogP contribution in [0.5, 0.6) is 0 Å². The molecule has 3 aromatic heterocycles. The average molecular weight is 400 g/mol. The summed E-state index contributed by atoms with van der Waals surface area (Å²) in [4.78, 5) is 15.7. The maximum Gasteiger partial charge on any atom is 0.126 e. The minimum atomic E-state index is 0.636. The van der Waals surface area contributed by atoms with E-state index in [0.29, 0.717) is 5.92 Å². The van der Waals surface area contributed by atoms with Gasteiger partial charge in [-0.2, -0.15) is 0 Å². The van der Waals surface area contributed by atoms with E-state index in [1.54, 1.807) is 17.7 Å². The highest BCUT2D eigenvalue weighted by Gasteiger charge is 2.23. The number of thiophene rings is 1. The first-order valence-electron chi connectivity index (χ1n) is 10.2. The van der Waals surface area contributed by atoms with Gasteiger partial charge in [-0.25, -0.2) is 15.0 Å². The van der Waals surface area contributed by atoms with Crippen LogP contribution >= 0.6 is 23.1 Å². The van der Waals surface area contributed by atoms with Crippen LogP contribution in [0.25, 0.3) is 20.4 Å². The van der Waals surface area contributed by atoms with Gasteiger partial charge >= 0.3 is 0 Å². The van der Waals surface area contributed by atoms with Crippen molar-refractivity contribution in [1.29, 1.82) is 0 Å². The van der Waals surface area contributed by atoms with E-state index < -0.39 is 0 Å². The van der Waals surface area contributed by atoms with Gasteiger partial charge in [0.25, 0.3) is 0 Å². The average Bonchev–Trinajstić information content (AvgIpc) is 3.00. The standard InChI is InChI=1S/C22H29N3S2/c1-13(2)9-10-26-22-20-19(23-12-24-22)18-16-8-6-5-7-15(16)17(11-14(3)4)25-21(18)27-20/h12-14H,5-11H2,1-4H3. The SMILES string of the molecule is CC(C)CCSc1ncnc2c1sc1nc(CC(C)C)c3c(c12)CCCC3. The Bertz CT molecular complexity index is 959. The van der Waals surface area contributed by atoms with Crippen molar-refractivity contribution in [2.75, 3.05) is 5.75 Å². The maximum absolute atomic E-state index is 5.16. The molecule has 0 bridgehead atoms. The first-order valence-corrected chi connectivity index (χ1v) is 12.1. The van der Waals surface area contributed by atoms with Crippen LogP contribution in [0.1, 0.15) is 63.8 Å². The summed E-state index contributed by atoms with van der Waals surface area (Å²) >= 11 is 3.68. The largest absolute Gasteiger partial charge is 0.242 e. The van der Waals surface area contributed by atoms with Gasteiger partial charge in [0, 0.05) is 11.1 Å². The Kier molecular flexibility index (Phi) is 5.70. The number of pyridine rings is 1. The Balaban J connectivity index is 1.85. The number of aromatic nitrogens is 3. The molecular weight excluding hydrogens is 370 g/mol. The summed E-state index contributed by atoms with van der Waals surface area (Å²) in [7, 11) is 0. The molecule has 0 atom stereocenters. The zero-order chi connectivity index (χ0) is 19.0. The Morgan fingerprint density at radius 3 is 2.56 bits per heavy atom. The Labute approximate surface area is 170 Å². The van der Waals surface area contributed by atoms with Gasteiger partial charge in [0.2, 0.25) is 0 Å². The summed E-state index contributed by atoms with van der Waals surface area (Å²) in [6.45, 7) is 9.14. The molecule has 3 heterocycles. The second-order valence-electron chi connectivity index (χ2n) is 8.49. The van der Waals surface area contributed by atoms with Gasteiger partial charge < -0.3 is 0 Å². The van der Waals surface area contributed by atoms with Crippen molar-refractivity contribution in [3.63, 3.8) is 0 Å². The van der Waals surface area contributed by atoms with Gasteiger partial charge in [-0.1, -0.05) is 27.7 Å². The number of hydrogen-bond donors (Lipinski definition) is 0. The molecule has 3 aromatic rings. The van der Waals surface area contributed by atoms with Crippen LogP contribution in [0.4, 0.5) is 0 Å². The van der Waals surface area contributed by atoms with Crippen molar-refractivity contribution in [3.05, 3.63) is 23.1 Å². The molecule has 27 heavy (non-hydrogen) atoms. The third kappa shape index (κ3) is 3.86. The lowest BCUT2D eigenvalue weighted by Gasteiger charge is -2.20. The highest BCUT2D eigenvalue weighted by atomic mass is 32.2. The van der Waals surface area contributed by atoms with Crippen LogP contribution in [0.3, 0.4) is 0 Å². The van der Waals surface area contributed by atoms with E-state index in [2.05, 4.69) is 32.7 Å². The fourth-order valence-corrected chi connectivity index (χ4v) is 6.46. The monoisotopic (exact) mass is 399 g/mol. The predicted octanol–water partition coefficient (Wildman–Crippen LogP) is 6.46. The molecule has 0 aromatic carbocycles. The van der Waals surface area contributed by atoms with E-state index >= 15 is 0 Å². The summed E-state index contributed by atoms with van der Waals surface area (Å²) in [5.74, 6) is 2.48. The second kappa shape index (κ2) is 8.04. The zero-order valence-corrected chi connectivity index (χ0v) is 18.5. The Morgan fingerprint density at radius 1 is 1.04 bits per heavy atom. The lowest BCUT2D eigenvalue weighted by atomic mass is 9.87. The highest BCUT2D eigenvalue weighted by molar-refractivity contribution is 7.99. The Hall–Kier alpha value is -1.20. The maximum atomic E-state index is 5.16. The molecule has 0 radical (unpaired) electrons. The Morgan fingerprint density at radius 2 is 1.81 bits per heavy atom. The van der Waals surface area contributed by atoms with Crippen LogP contribution in [-0.2, 0) is 19.3 Å². The normalized spacial score (nSPS) is 14.6. The number of rotatable bonds is 6. The molecule has 0 aliphatic heterocycles. The van der Waals surface area contributed by atoms with Crippen molar-refractivity contribution >= 4 is 43.5 Å². The first kappa shape index (κ1) is 19.1. The van der Waals surface area contributed by atoms with E-state index in [-0.39, 0.29) is 0 Å². The summed E-state index contributed by atoms with van der Waals surface area (Å²) in [5.41, 5.74) is 5.53. The van der Waals surface area contributed by atoms with E-state index in [1.165, 1.54) is 63.8 Å². The molecule has 3 nitrogen and oxygen atoms in total.